The third kappa shape index (κ3) is 6.69. The first-order chi connectivity index (χ1) is 14.1. The normalized spacial score (nSPS) is 10.8. The minimum Gasteiger partial charge on any atom is -0.475 e. The predicted molar refractivity (Wildman–Crippen MR) is 106 cm³/mol. The number of amides is 1. The lowest BCUT2D eigenvalue weighted by Gasteiger charge is -2.08. The van der Waals surface area contributed by atoms with Gasteiger partial charge >= 0.3 is 12.1 Å². The van der Waals surface area contributed by atoms with Gasteiger partial charge in [-0.3, -0.25) is 9.78 Å². The molecular formula is C19H19F3N4O3S. The average Bonchev–Trinajstić information content (AvgIpc) is 3.31. The summed E-state index contributed by atoms with van der Waals surface area (Å²) in [5, 5.41) is 10.0. The summed E-state index contributed by atoms with van der Waals surface area (Å²) in [4.78, 5) is 30.3. The first-order valence-electron chi connectivity index (χ1n) is 8.66. The van der Waals surface area contributed by atoms with Gasteiger partial charge in [0.15, 0.2) is 0 Å². The molecule has 0 aliphatic carbocycles. The average molecular weight is 440 g/mol. The molecule has 30 heavy (non-hydrogen) atoms. The zero-order valence-corrected chi connectivity index (χ0v) is 16.9. The van der Waals surface area contributed by atoms with Gasteiger partial charge in [-0.1, -0.05) is 0 Å². The van der Waals surface area contributed by atoms with Crippen LogP contribution in [0.1, 0.15) is 22.7 Å². The number of thiazole rings is 1. The Hall–Kier alpha value is -3.21. The molecule has 0 saturated carbocycles. The lowest BCUT2D eigenvalue weighted by atomic mass is 10.2. The van der Waals surface area contributed by atoms with E-state index < -0.39 is 12.1 Å². The highest BCUT2D eigenvalue weighted by molar-refractivity contribution is 7.09. The number of rotatable bonds is 5. The van der Waals surface area contributed by atoms with Crippen LogP contribution in [-0.4, -0.2) is 37.7 Å². The molecule has 0 aliphatic heterocycles. The Kier molecular flexibility index (Phi) is 7.70. The summed E-state index contributed by atoms with van der Waals surface area (Å²) >= 11 is 1.57. The molecule has 7 nitrogen and oxygen atoms in total. The van der Waals surface area contributed by atoms with Crippen LogP contribution in [0.25, 0.3) is 5.69 Å². The second-order valence-corrected chi connectivity index (χ2v) is 7.12. The molecule has 0 fully saturated rings. The number of aliphatic carboxylic acids is 1. The second-order valence-electron chi connectivity index (χ2n) is 6.15. The number of hydrogen-bond acceptors (Lipinski definition) is 5. The number of carbonyl (C=O) groups is 2. The maximum atomic E-state index is 12.0. The molecule has 0 aliphatic rings. The molecule has 2 N–H and O–H groups in total. The van der Waals surface area contributed by atoms with E-state index in [-0.39, 0.29) is 5.91 Å². The van der Waals surface area contributed by atoms with Crippen molar-refractivity contribution in [1.82, 2.24) is 14.5 Å². The summed E-state index contributed by atoms with van der Waals surface area (Å²) in [5.41, 5.74) is 5.76. The molecule has 0 bridgehead atoms. The molecule has 3 aromatic rings. The molecule has 160 valence electrons. The molecule has 0 radical (unpaired) electrons. The number of imidazole rings is 1. The topological polar surface area (TPSA) is 97.1 Å². The fraction of sp³-hybridized carbons (Fsp3) is 0.263. The van der Waals surface area contributed by atoms with E-state index >= 15 is 0 Å². The summed E-state index contributed by atoms with van der Waals surface area (Å²) in [7, 11) is 0. The number of nitrogens with zero attached hydrogens (tertiary/aromatic N) is 3. The first kappa shape index (κ1) is 23.1. The molecule has 1 aromatic carbocycles. The summed E-state index contributed by atoms with van der Waals surface area (Å²) < 4.78 is 33.8. The Balaban J connectivity index is 0.000000396. The van der Waals surface area contributed by atoms with E-state index in [4.69, 9.17) is 9.90 Å². The van der Waals surface area contributed by atoms with Gasteiger partial charge < -0.3 is 15.0 Å². The largest absolute Gasteiger partial charge is 0.490 e. The summed E-state index contributed by atoms with van der Waals surface area (Å²) in [6, 6.07) is 7.78. The number of aromatic nitrogens is 3. The summed E-state index contributed by atoms with van der Waals surface area (Å²) in [6.45, 7) is 4.03. The van der Waals surface area contributed by atoms with Gasteiger partial charge in [-0.25, -0.2) is 9.78 Å². The third-order valence-electron chi connectivity index (χ3n) is 4.01. The van der Waals surface area contributed by atoms with Gasteiger partial charge in [-0.05, 0) is 44.5 Å². The predicted octanol–water partition coefficient (Wildman–Crippen LogP) is 4.15. The molecular weight excluding hydrogens is 421 g/mol. The molecule has 0 saturated heterocycles. The van der Waals surface area contributed by atoms with E-state index in [0.29, 0.717) is 6.42 Å². The Bertz CT molecular complexity index is 984. The maximum absolute atomic E-state index is 12.0. The lowest BCUT2D eigenvalue weighted by Crippen LogP contribution is -2.21. The Labute approximate surface area is 174 Å². The number of carbonyl (C=O) groups excluding carboxylic acids is 1. The van der Waals surface area contributed by atoms with E-state index in [0.717, 1.165) is 34.1 Å². The number of hydrogen-bond donors (Lipinski definition) is 2. The number of alkyl halides is 3. The summed E-state index contributed by atoms with van der Waals surface area (Å²) in [6.07, 6.45) is -0.276. The number of carboxylic acids is 1. The van der Waals surface area contributed by atoms with Gasteiger partial charge in [0.25, 0.3) is 0 Å². The van der Waals surface area contributed by atoms with Crippen LogP contribution < -0.4 is 5.32 Å². The van der Waals surface area contributed by atoms with E-state index in [1.165, 1.54) is 0 Å². The van der Waals surface area contributed by atoms with Crippen LogP contribution in [0.4, 0.5) is 18.9 Å². The number of nitrogens with one attached hydrogen (secondary N) is 1. The van der Waals surface area contributed by atoms with Crippen molar-refractivity contribution in [1.29, 1.82) is 0 Å². The number of halogens is 3. The number of carboxylic acid groups (broad SMARTS) is 1. The van der Waals surface area contributed by atoms with E-state index in [1.807, 2.05) is 55.2 Å². The molecule has 11 heteroatoms. The molecule has 3 rings (SSSR count). The molecule has 0 atom stereocenters. The minimum absolute atomic E-state index is 0.0146. The van der Waals surface area contributed by atoms with Gasteiger partial charge in [-0.15, -0.1) is 11.3 Å². The molecule has 0 unspecified atom stereocenters. The van der Waals surface area contributed by atoms with Crippen molar-refractivity contribution in [3.8, 4) is 5.69 Å². The monoisotopic (exact) mass is 440 g/mol. The van der Waals surface area contributed by atoms with E-state index in [2.05, 4.69) is 15.3 Å². The zero-order valence-electron chi connectivity index (χ0n) is 16.1. The van der Waals surface area contributed by atoms with Gasteiger partial charge in [0.1, 0.15) is 0 Å². The smallest absolute Gasteiger partial charge is 0.475 e. The van der Waals surface area contributed by atoms with Crippen molar-refractivity contribution < 1.29 is 27.9 Å². The van der Waals surface area contributed by atoms with Crippen LogP contribution >= 0.6 is 11.3 Å². The van der Waals surface area contributed by atoms with Gasteiger partial charge in [-0.2, -0.15) is 13.2 Å². The van der Waals surface area contributed by atoms with Crippen molar-refractivity contribution in [2.75, 3.05) is 5.32 Å². The minimum atomic E-state index is -5.08. The number of anilines is 1. The van der Waals surface area contributed by atoms with Crippen LogP contribution in [0.2, 0.25) is 0 Å². The van der Waals surface area contributed by atoms with Crippen LogP contribution in [0.3, 0.4) is 0 Å². The number of benzene rings is 1. The Morgan fingerprint density at radius 2 is 1.83 bits per heavy atom. The van der Waals surface area contributed by atoms with E-state index in [9.17, 15) is 18.0 Å². The fourth-order valence-corrected chi connectivity index (χ4v) is 2.89. The van der Waals surface area contributed by atoms with Crippen molar-refractivity contribution in [3.63, 3.8) is 0 Å². The van der Waals surface area contributed by atoms with E-state index in [1.54, 1.807) is 16.8 Å². The standard InChI is InChI=1S/C17H18N4OS.C2HF3O2/c1-12-13(2)21(10-19-12)15-5-3-14(4-6-15)20-17(22)8-7-16-9-18-11-23-16;3-2(4,5)1(6)7/h3-6,9-11H,7-8H2,1-2H3,(H,20,22);(H,6,7). The highest BCUT2D eigenvalue weighted by Crippen LogP contribution is 2.17. The van der Waals surface area contributed by atoms with Crippen molar-refractivity contribution >= 4 is 28.9 Å². The van der Waals surface area contributed by atoms with Crippen molar-refractivity contribution in [2.45, 2.75) is 32.9 Å². The van der Waals surface area contributed by atoms with Crippen molar-refractivity contribution in [3.05, 3.63) is 58.6 Å². The van der Waals surface area contributed by atoms with Crippen LogP contribution in [0.5, 0.6) is 0 Å². The molecule has 1 amide bonds. The van der Waals surface area contributed by atoms with Crippen LogP contribution in [-0.2, 0) is 16.0 Å². The fourth-order valence-electron chi connectivity index (χ4n) is 2.29. The van der Waals surface area contributed by atoms with Gasteiger partial charge in [0.05, 0.1) is 17.5 Å². The van der Waals surface area contributed by atoms with Crippen LogP contribution in [0.15, 0.2) is 42.3 Å². The molecule has 2 heterocycles. The first-order valence-corrected chi connectivity index (χ1v) is 9.54. The molecule has 0 spiro atoms. The Morgan fingerprint density at radius 1 is 1.20 bits per heavy atom. The lowest BCUT2D eigenvalue weighted by molar-refractivity contribution is -0.192. The van der Waals surface area contributed by atoms with Crippen molar-refractivity contribution in [2.24, 2.45) is 0 Å². The number of aryl methyl sites for hydroxylation is 2. The summed E-state index contributed by atoms with van der Waals surface area (Å²) in [5.74, 6) is -2.74. The Morgan fingerprint density at radius 3 is 2.30 bits per heavy atom. The van der Waals surface area contributed by atoms with Gasteiger partial charge in [0, 0.05) is 34.6 Å². The quantitative estimate of drug-likeness (QED) is 0.621. The highest BCUT2D eigenvalue weighted by atomic mass is 32.1. The SMILES string of the molecule is Cc1ncn(-c2ccc(NC(=O)CCc3cncs3)cc2)c1C.O=C(O)C(F)(F)F. The second kappa shape index (κ2) is 10.0. The van der Waals surface area contributed by atoms with Gasteiger partial charge in [0.2, 0.25) is 5.91 Å². The highest BCUT2D eigenvalue weighted by Gasteiger charge is 2.38. The van der Waals surface area contributed by atoms with Crippen LogP contribution in [0, 0.1) is 13.8 Å². The molecule has 2 aromatic heterocycles. The third-order valence-corrected chi connectivity index (χ3v) is 4.84. The maximum Gasteiger partial charge on any atom is 0.490 e. The zero-order chi connectivity index (χ0) is 22.3.